The quantitative estimate of drug-likeness (QED) is 0.819. The highest BCUT2D eigenvalue weighted by atomic mass is 35.5. The number of carbonyl (C=O) groups excluding carboxylic acids is 2. The van der Waals surface area contributed by atoms with E-state index >= 15 is 0 Å². The van der Waals surface area contributed by atoms with Crippen molar-refractivity contribution in [2.24, 2.45) is 0 Å². The van der Waals surface area contributed by atoms with Crippen molar-refractivity contribution in [2.45, 2.75) is 6.42 Å². The summed E-state index contributed by atoms with van der Waals surface area (Å²) in [5.74, 6) is -0.974. The maximum Gasteiger partial charge on any atom is 0.338 e. The molecule has 2 aromatic carbocycles. The Kier molecular flexibility index (Phi) is 6.35. The number of ether oxygens (including phenoxy) is 1. The van der Waals surface area contributed by atoms with E-state index in [0.717, 1.165) is 5.56 Å². The van der Waals surface area contributed by atoms with E-state index in [-0.39, 0.29) is 12.5 Å². The fourth-order valence-electron chi connectivity index (χ4n) is 1.94. The highest BCUT2D eigenvalue weighted by Crippen LogP contribution is 2.09. The summed E-state index contributed by atoms with van der Waals surface area (Å²) in [4.78, 5) is 23.4. The molecular weight excluding hydrogens is 328 g/mol. The molecule has 0 bridgehead atoms. The summed E-state index contributed by atoms with van der Waals surface area (Å²) in [6.45, 7) is 0.0916. The van der Waals surface area contributed by atoms with Gasteiger partial charge >= 0.3 is 5.97 Å². The molecule has 0 aromatic heterocycles. The summed E-state index contributed by atoms with van der Waals surface area (Å²) in [5.41, 5.74) is 1.80. The summed E-state index contributed by atoms with van der Waals surface area (Å²) >= 11 is 5.80. The second kappa shape index (κ2) is 8.70. The molecular formula is C18H15ClN2O3. The van der Waals surface area contributed by atoms with Gasteiger partial charge in [0, 0.05) is 11.6 Å². The minimum atomic E-state index is -0.604. The van der Waals surface area contributed by atoms with Crippen LogP contribution in [0.2, 0.25) is 5.02 Å². The summed E-state index contributed by atoms with van der Waals surface area (Å²) in [7, 11) is 0. The molecule has 0 aliphatic heterocycles. The number of hydrogen-bond acceptors (Lipinski definition) is 4. The van der Waals surface area contributed by atoms with Gasteiger partial charge in [-0.1, -0.05) is 23.7 Å². The Hall–Kier alpha value is -2.84. The molecule has 6 heteroatoms. The lowest BCUT2D eigenvalue weighted by atomic mass is 10.1. The molecule has 0 atom stereocenters. The van der Waals surface area contributed by atoms with Crippen LogP contribution >= 0.6 is 11.6 Å². The molecule has 2 aromatic rings. The van der Waals surface area contributed by atoms with E-state index in [1.54, 1.807) is 12.1 Å². The topological polar surface area (TPSA) is 79.2 Å². The van der Waals surface area contributed by atoms with Crippen molar-refractivity contribution < 1.29 is 14.3 Å². The molecule has 0 fully saturated rings. The first-order chi connectivity index (χ1) is 11.6. The van der Waals surface area contributed by atoms with Crippen LogP contribution in [-0.4, -0.2) is 25.0 Å². The summed E-state index contributed by atoms with van der Waals surface area (Å²) < 4.78 is 4.93. The summed E-state index contributed by atoms with van der Waals surface area (Å²) in [5, 5.41) is 12.0. The van der Waals surface area contributed by atoms with E-state index in [1.165, 1.54) is 24.3 Å². The number of benzene rings is 2. The first kappa shape index (κ1) is 17.5. The van der Waals surface area contributed by atoms with Crippen LogP contribution in [0, 0.1) is 11.3 Å². The number of nitriles is 1. The molecule has 1 N–H and O–H groups in total. The zero-order valence-corrected chi connectivity index (χ0v) is 13.5. The molecule has 5 nitrogen and oxygen atoms in total. The average molecular weight is 343 g/mol. The Morgan fingerprint density at radius 3 is 2.38 bits per heavy atom. The van der Waals surface area contributed by atoms with E-state index in [0.29, 0.717) is 29.1 Å². The standard InChI is InChI=1S/C18H15ClN2O3/c19-16-7-3-13(4-8-16)9-10-21-17(22)12-24-18(23)15-5-1-14(11-20)2-6-15/h1-8H,9-10,12H2,(H,21,22). The van der Waals surface area contributed by atoms with Gasteiger partial charge in [-0.3, -0.25) is 4.79 Å². The van der Waals surface area contributed by atoms with Crippen molar-refractivity contribution in [1.82, 2.24) is 5.32 Å². The highest BCUT2D eigenvalue weighted by Gasteiger charge is 2.10. The van der Waals surface area contributed by atoms with Gasteiger partial charge < -0.3 is 10.1 Å². The molecule has 2 rings (SSSR count). The molecule has 0 radical (unpaired) electrons. The molecule has 0 saturated carbocycles. The summed E-state index contributed by atoms with van der Waals surface area (Å²) in [6, 6.07) is 15.3. The third-order valence-corrected chi connectivity index (χ3v) is 3.49. The molecule has 0 heterocycles. The lowest BCUT2D eigenvalue weighted by molar-refractivity contribution is -0.124. The number of nitrogens with one attached hydrogen (secondary N) is 1. The van der Waals surface area contributed by atoms with Crippen molar-refractivity contribution in [3.05, 3.63) is 70.2 Å². The van der Waals surface area contributed by atoms with Crippen LogP contribution < -0.4 is 5.32 Å². The largest absolute Gasteiger partial charge is 0.452 e. The Morgan fingerprint density at radius 2 is 1.75 bits per heavy atom. The number of hydrogen-bond donors (Lipinski definition) is 1. The number of amides is 1. The van der Waals surface area contributed by atoms with Crippen molar-refractivity contribution in [3.8, 4) is 6.07 Å². The van der Waals surface area contributed by atoms with E-state index in [9.17, 15) is 9.59 Å². The van der Waals surface area contributed by atoms with Gasteiger partial charge in [-0.25, -0.2) is 4.79 Å². The van der Waals surface area contributed by atoms with Crippen molar-refractivity contribution in [3.63, 3.8) is 0 Å². The third kappa shape index (κ3) is 5.41. The van der Waals surface area contributed by atoms with Gasteiger partial charge in [0.15, 0.2) is 6.61 Å². The number of rotatable bonds is 6. The third-order valence-electron chi connectivity index (χ3n) is 3.23. The lowest BCUT2D eigenvalue weighted by Crippen LogP contribution is -2.30. The Balaban J connectivity index is 1.71. The molecule has 0 aliphatic rings. The van der Waals surface area contributed by atoms with E-state index in [2.05, 4.69) is 5.32 Å². The van der Waals surface area contributed by atoms with Gasteiger partial charge in [0.05, 0.1) is 17.2 Å². The first-order valence-electron chi connectivity index (χ1n) is 7.27. The summed E-state index contributed by atoms with van der Waals surface area (Å²) in [6.07, 6.45) is 0.659. The van der Waals surface area contributed by atoms with E-state index in [1.807, 2.05) is 18.2 Å². The maximum atomic E-state index is 11.8. The van der Waals surface area contributed by atoms with Gasteiger partial charge in [0.1, 0.15) is 0 Å². The Bertz CT molecular complexity index is 749. The van der Waals surface area contributed by atoms with Crippen molar-refractivity contribution in [2.75, 3.05) is 13.2 Å². The van der Waals surface area contributed by atoms with Crippen LogP contribution in [0.3, 0.4) is 0 Å². The van der Waals surface area contributed by atoms with Crippen LogP contribution in [0.15, 0.2) is 48.5 Å². The lowest BCUT2D eigenvalue weighted by Gasteiger charge is -2.07. The number of esters is 1. The molecule has 0 unspecified atom stereocenters. The van der Waals surface area contributed by atoms with E-state index < -0.39 is 5.97 Å². The van der Waals surface area contributed by atoms with Crippen LogP contribution in [0.4, 0.5) is 0 Å². The molecule has 0 spiro atoms. The van der Waals surface area contributed by atoms with Crippen LogP contribution in [0.1, 0.15) is 21.5 Å². The normalized spacial score (nSPS) is 9.83. The van der Waals surface area contributed by atoms with Crippen LogP contribution in [0.25, 0.3) is 0 Å². The predicted molar refractivity (Wildman–Crippen MR) is 89.6 cm³/mol. The maximum absolute atomic E-state index is 11.8. The minimum Gasteiger partial charge on any atom is -0.452 e. The monoisotopic (exact) mass is 342 g/mol. The van der Waals surface area contributed by atoms with Crippen LogP contribution in [-0.2, 0) is 16.0 Å². The zero-order chi connectivity index (χ0) is 17.4. The first-order valence-corrected chi connectivity index (χ1v) is 7.64. The minimum absolute atomic E-state index is 0.294. The van der Waals surface area contributed by atoms with Gasteiger partial charge in [-0.05, 0) is 48.4 Å². The van der Waals surface area contributed by atoms with Gasteiger partial charge in [-0.2, -0.15) is 5.26 Å². The second-order valence-corrected chi connectivity index (χ2v) is 5.43. The number of carbonyl (C=O) groups is 2. The van der Waals surface area contributed by atoms with Gasteiger partial charge in [0.2, 0.25) is 0 Å². The highest BCUT2D eigenvalue weighted by molar-refractivity contribution is 6.30. The Labute approximate surface area is 144 Å². The van der Waals surface area contributed by atoms with E-state index in [4.69, 9.17) is 21.6 Å². The fraction of sp³-hybridized carbons (Fsp3) is 0.167. The average Bonchev–Trinajstić information content (AvgIpc) is 2.61. The SMILES string of the molecule is N#Cc1ccc(C(=O)OCC(=O)NCCc2ccc(Cl)cc2)cc1. The van der Waals surface area contributed by atoms with Crippen molar-refractivity contribution >= 4 is 23.5 Å². The van der Waals surface area contributed by atoms with Crippen LogP contribution in [0.5, 0.6) is 0 Å². The fourth-order valence-corrected chi connectivity index (χ4v) is 2.07. The predicted octanol–water partition coefficient (Wildman–Crippen LogP) is 2.73. The molecule has 122 valence electrons. The second-order valence-electron chi connectivity index (χ2n) is 4.99. The molecule has 0 aliphatic carbocycles. The Morgan fingerprint density at radius 1 is 1.08 bits per heavy atom. The van der Waals surface area contributed by atoms with Crippen molar-refractivity contribution in [1.29, 1.82) is 5.26 Å². The van der Waals surface area contributed by atoms with Gasteiger partial charge in [-0.15, -0.1) is 0 Å². The van der Waals surface area contributed by atoms with Gasteiger partial charge in [0.25, 0.3) is 5.91 Å². The zero-order valence-electron chi connectivity index (χ0n) is 12.8. The number of halogens is 1. The molecule has 0 saturated heterocycles. The molecule has 24 heavy (non-hydrogen) atoms. The smallest absolute Gasteiger partial charge is 0.338 e. The molecule has 1 amide bonds. The number of nitrogens with zero attached hydrogens (tertiary/aromatic N) is 1.